The molecule has 2 aromatic rings. The van der Waals surface area contributed by atoms with Crippen LogP contribution in [0.15, 0.2) is 40.7 Å². The molecule has 6 nitrogen and oxygen atoms in total. The molecule has 0 spiro atoms. The first-order valence-electron chi connectivity index (χ1n) is 11.5. The average molecular weight is 507 g/mol. The summed E-state index contributed by atoms with van der Waals surface area (Å²) in [6, 6.07) is 6.11. The van der Waals surface area contributed by atoms with Crippen LogP contribution < -0.4 is 15.6 Å². The molecule has 0 fully saturated rings. The highest BCUT2D eigenvalue weighted by Crippen LogP contribution is 2.44. The standard InChI is InChI=1S/C26H32Cl2N2O4/c1-16(2)6-7-17-12-19-22(15-26(17,3)4)30(10-5-11-31)24(32)14-23(19)34-25(33)29-18-8-9-20(27)21(28)13-18/h6,8-9,13-14,17,31H,5,7,10-12,15H2,1-4H3,(H,29,33). The van der Waals surface area contributed by atoms with Crippen LogP contribution >= 0.6 is 23.2 Å². The van der Waals surface area contributed by atoms with Crippen molar-refractivity contribution in [1.82, 2.24) is 4.57 Å². The Kier molecular flexibility index (Phi) is 8.50. The largest absolute Gasteiger partial charge is 0.417 e. The zero-order valence-electron chi connectivity index (χ0n) is 20.1. The summed E-state index contributed by atoms with van der Waals surface area (Å²) in [5, 5.41) is 12.7. The van der Waals surface area contributed by atoms with Gasteiger partial charge in [-0.3, -0.25) is 10.1 Å². The molecular formula is C26H32Cl2N2O4. The molecule has 3 rings (SSSR count). The maximum Gasteiger partial charge on any atom is 0.417 e. The highest BCUT2D eigenvalue weighted by molar-refractivity contribution is 6.42. The van der Waals surface area contributed by atoms with Crippen molar-refractivity contribution in [2.24, 2.45) is 11.3 Å². The van der Waals surface area contributed by atoms with E-state index in [-0.39, 0.29) is 23.3 Å². The molecule has 1 aliphatic carbocycles. The van der Waals surface area contributed by atoms with E-state index in [2.05, 4.69) is 39.1 Å². The van der Waals surface area contributed by atoms with Gasteiger partial charge in [-0.1, -0.05) is 48.7 Å². The molecule has 8 heteroatoms. The van der Waals surface area contributed by atoms with E-state index in [0.717, 1.165) is 17.7 Å². The van der Waals surface area contributed by atoms with Gasteiger partial charge in [0.25, 0.3) is 5.56 Å². The number of nitrogens with one attached hydrogen (secondary N) is 1. The third-order valence-electron chi connectivity index (χ3n) is 6.39. The minimum absolute atomic E-state index is 0.00187. The van der Waals surface area contributed by atoms with Gasteiger partial charge in [0.2, 0.25) is 0 Å². The number of benzene rings is 1. The fourth-order valence-electron chi connectivity index (χ4n) is 4.40. The number of amides is 1. The van der Waals surface area contributed by atoms with Crippen LogP contribution in [0.2, 0.25) is 10.0 Å². The number of allylic oxidation sites excluding steroid dienone is 2. The van der Waals surface area contributed by atoms with Gasteiger partial charge >= 0.3 is 6.09 Å². The maximum atomic E-state index is 13.0. The van der Waals surface area contributed by atoms with Crippen LogP contribution in [0.4, 0.5) is 10.5 Å². The SMILES string of the molecule is CC(C)=CCC1Cc2c(OC(=O)Nc3ccc(Cl)c(Cl)c3)cc(=O)n(CCCO)c2CC1(C)C. The molecule has 2 N–H and O–H groups in total. The monoisotopic (exact) mass is 506 g/mol. The van der Waals surface area contributed by atoms with Crippen LogP contribution in [0.5, 0.6) is 5.75 Å². The summed E-state index contributed by atoms with van der Waals surface area (Å²) in [7, 11) is 0. The fraction of sp³-hybridized carbons (Fsp3) is 0.462. The number of carbonyl (C=O) groups is 1. The Morgan fingerprint density at radius 1 is 1.26 bits per heavy atom. The number of hydrogen-bond donors (Lipinski definition) is 2. The third-order valence-corrected chi connectivity index (χ3v) is 7.13. The van der Waals surface area contributed by atoms with E-state index in [1.165, 1.54) is 17.7 Å². The molecule has 1 atom stereocenters. The van der Waals surface area contributed by atoms with Crippen LogP contribution in [-0.4, -0.2) is 22.4 Å². The molecule has 0 aliphatic heterocycles. The molecule has 0 saturated carbocycles. The second-order valence-electron chi connectivity index (χ2n) is 9.73. The number of ether oxygens (including phenoxy) is 1. The molecule has 0 radical (unpaired) electrons. The summed E-state index contributed by atoms with van der Waals surface area (Å²) in [6.07, 6.45) is 4.26. The van der Waals surface area contributed by atoms with Gasteiger partial charge < -0.3 is 14.4 Å². The van der Waals surface area contributed by atoms with Gasteiger partial charge in [0.1, 0.15) is 5.75 Å². The summed E-state index contributed by atoms with van der Waals surface area (Å²) in [5.41, 5.74) is 3.14. The quantitative estimate of drug-likeness (QED) is 0.435. The predicted octanol–water partition coefficient (Wildman–Crippen LogP) is 6.25. The molecule has 1 heterocycles. The van der Waals surface area contributed by atoms with Gasteiger partial charge in [0, 0.05) is 36.2 Å². The zero-order valence-corrected chi connectivity index (χ0v) is 21.6. The van der Waals surface area contributed by atoms with Gasteiger partial charge in [-0.25, -0.2) is 4.79 Å². The van der Waals surface area contributed by atoms with Crippen molar-refractivity contribution in [2.75, 3.05) is 11.9 Å². The summed E-state index contributed by atoms with van der Waals surface area (Å²) in [6.45, 7) is 9.01. The number of aromatic nitrogens is 1. The van der Waals surface area contributed by atoms with E-state index in [4.69, 9.17) is 27.9 Å². The molecule has 1 aliphatic rings. The van der Waals surface area contributed by atoms with Crippen molar-refractivity contribution in [3.63, 3.8) is 0 Å². The minimum Gasteiger partial charge on any atom is -0.410 e. The van der Waals surface area contributed by atoms with Crippen LogP contribution in [-0.2, 0) is 19.4 Å². The first-order chi connectivity index (χ1) is 16.0. The normalized spacial score (nSPS) is 16.5. The van der Waals surface area contributed by atoms with E-state index in [9.17, 15) is 14.7 Å². The number of fused-ring (bicyclic) bond motifs is 1. The molecule has 1 unspecified atom stereocenters. The molecular weight excluding hydrogens is 475 g/mol. The predicted molar refractivity (Wildman–Crippen MR) is 137 cm³/mol. The topological polar surface area (TPSA) is 80.6 Å². The molecule has 184 valence electrons. The molecule has 34 heavy (non-hydrogen) atoms. The summed E-state index contributed by atoms with van der Waals surface area (Å²) in [5.74, 6) is 0.592. The first kappa shape index (κ1) is 26.3. The number of carbonyl (C=O) groups excluding carboxylic acids is 1. The van der Waals surface area contributed by atoms with Crippen LogP contribution in [0, 0.1) is 11.3 Å². The van der Waals surface area contributed by atoms with Gasteiger partial charge in [-0.05, 0) is 69.1 Å². The number of hydrogen-bond acceptors (Lipinski definition) is 4. The van der Waals surface area contributed by atoms with Gasteiger partial charge in [-0.2, -0.15) is 0 Å². The number of aliphatic hydroxyl groups is 1. The number of pyridine rings is 1. The summed E-state index contributed by atoms with van der Waals surface area (Å²) < 4.78 is 7.38. The lowest BCUT2D eigenvalue weighted by Gasteiger charge is -2.41. The number of anilines is 1. The second kappa shape index (κ2) is 11.0. The lowest BCUT2D eigenvalue weighted by atomic mass is 9.66. The molecule has 0 saturated heterocycles. The Hall–Kier alpha value is -2.28. The van der Waals surface area contributed by atoms with E-state index < -0.39 is 6.09 Å². The van der Waals surface area contributed by atoms with Crippen molar-refractivity contribution >= 4 is 35.0 Å². The van der Waals surface area contributed by atoms with Crippen molar-refractivity contribution in [1.29, 1.82) is 0 Å². The summed E-state index contributed by atoms with van der Waals surface area (Å²) in [4.78, 5) is 25.7. The van der Waals surface area contributed by atoms with Crippen LogP contribution in [0.3, 0.4) is 0 Å². The number of nitrogens with zero attached hydrogens (tertiary/aromatic N) is 1. The molecule has 1 amide bonds. The van der Waals surface area contributed by atoms with E-state index in [0.29, 0.717) is 47.5 Å². The minimum atomic E-state index is -0.709. The zero-order chi connectivity index (χ0) is 25.0. The Labute approximate surface area is 210 Å². The smallest absolute Gasteiger partial charge is 0.410 e. The van der Waals surface area contributed by atoms with Gasteiger partial charge in [0.15, 0.2) is 0 Å². The van der Waals surface area contributed by atoms with E-state index in [1.807, 2.05) is 0 Å². The van der Waals surface area contributed by atoms with Crippen molar-refractivity contribution in [2.45, 2.75) is 59.9 Å². The summed E-state index contributed by atoms with van der Waals surface area (Å²) >= 11 is 12.0. The van der Waals surface area contributed by atoms with Crippen molar-refractivity contribution < 1.29 is 14.6 Å². The fourth-order valence-corrected chi connectivity index (χ4v) is 4.70. The second-order valence-corrected chi connectivity index (χ2v) is 10.5. The molecule has 0 bridgehead atoms. The highest BCUT2D eigenvalue weighted by Gasteiger charge is 2.38. The lowest BCUT2D eigenvalue weighted by molar-refractivity contribution is 0.182. The van der Waals surface area contributed by atoms with E-state index >= 15 is 0 Å². The third kappa shape index (κ3) is 6.23. The van der Waals surface area contributed by atoms with Crippen molar-refractivity contribution in [3.8, 4) is 5.75 Å². The Bertz CT molecular complexity index is 1150. The Morgan fingerprint density at radius 3 is 2.65 bits per heavy atom. The number of rotatable bonds is 7. The Morgan fingerprint density at radius 2 is 2.00 bits per heavy atom. The van der Waals surface area contributed by atoms with Gasteiger partial charge in [-0.15, -0.1) is 0 Å². The average Bonchev–Trinajstić information content (AvgIpc) is 2.74. The highest BCUT2D eigenvalue weighted by atomic mass is 35.5. The number of aliphatic hydroxyl groups excluding tert-OH is 1. The van der Waals surface area contributed by atoms with Crippen LogP contribution in [0.1, 0.15) is 51.8 Å². The number of halogens is 2. The van der Waals surface area contributed by atoms with Gasteiger partial charge in [0.05, 0.1) is 10.0 Å². The van der Waals surface area contributed by atoms with Crippen LogP contribution in [0.25, 0.3) is 0 Å². The Balaban J connectivity index is 1.97. The lowest BCUT2D eigenvalue weighted by Crippen LogP contribution is -2.38. The first-order valence-corrected chi connectivity index (χ1v) is 12.2. The van der Waals surface area contributed by atoms with Crippen molar-refractivity contribution in [3.05, 3.63) is 67.6 Å². The molecule has 1 aromatic heterocycles. The van der Waals surface area contributed by atoms with E-state index in [1.54, 1.807) is 16.7 Å². The maximum absolute atomic E-state index is 13.0. The molecule has 1 aromatic carbocycles.